The number of carbonyl (C=O) groups excluding carboxylic acids is 1. The van der Waals surface area contributed by atoms with Crippen LogP contribution in [0.2, 0.25) is 0 Å². The van der Waals surface area contributed by atoms with E-state index in [2.05, 4.69) is 15.5 Å². The fourth-order valence-corrected chi connectivity index (χ4v) is 3.90. The van der Waals surface area contributed by atoms with Crippen molar-refractivity contribution < 1.29 is 23.1 Å². The van der Waals surface area contributed by atoms with E-state index in [1.807, 2.05) is 30.3 Å². The van der Waals surface area contributed by atoms with E-state index in [4.69, 9.17) is 0 Å². The number of likely N-dealkylation sites (tertiary alicyclic amines) is 1. The standard InChI is InChI=1S/C17H19F3N4O2S/c18-17(19,20)13-22-23-14(27-13)21-15(26)24-8-4-7-16(10-24,11-25)9-12-5-2-1-3-6-12/h1-3,5-6,25H,4,7-11H2,(H,21,23,26). The highest BCUT2D eigenvalue weighted by molar-refractivity contribution is 7.15. The van der Waals surface area contributed by atoms with Gasteiger partial charge >= 0.3 is 12.2 Å². The molecule has 0 saturated carbocycles. The molecule has 3 rings (SSSR count). The fraction of sp³-hybridized carbons (Fsp3) is 0.471. The summed E-state index contributed by atoms with van der Waals surface area (Å²) in [4.78, 5) is 14.0. The summed E-state index contributed by atoms with van der Waals surface area (Å²) in [5.41, 5.74) is 0.586. The minimum absolute atomic E-state index is 0.0807. The van der Waals surface area contributed by atoms with Crippen molar-refractivity contribution in [3.63, 3.8) is 0 Å². The van der Waals surface area contributed by atoms with Crippen molar-refractivity contribution in [3.8, 4) is 0 Å². The molecule has 0 radical (unpaired) electrons. The Morgan fingerprint density at radius 3 is 2.67 bits per heavy atom. The van der Waals surface area contributed by atoms with E-state index in [9.17, 15) is 23.1 Å². The van der Waals surface area contributed by atoms with Crippen molar-refractivity contribution in [1.29, 1.82) is 0 Å². The number of amides is 2. The third-order valence-electron chi connectivity index (χ3n) is 4.59. The molecule has 6 nitrogen and oxygen atoms in total. The normalized spacial score (nSPS) is 20.5. The molecular weight excluding hydrogens is 381 g/mol. The summed E-state index contributed by atoms with van der Waals surface area (Å²) in [6.07, 6.45) is -2.51. The van der Waals surface area contributed by atoms with Gasteiger partial charge in [0.05, 0.1) is 6.61 Å². The average Bonchev–Trinajstić information content (AvgIpc) is 3.12. The number of nitrogens with zero attached hydrogens (tertiary/aromatic N) is 3. The first-order chi connectivity index (χ1) is 12.8. The molecule has 2 amide bonds. The Bertz CT molecular complexity index is 784. The lowest BCUT2D eigenvalue weighted by molar-refractivity contribution is -0.138. The third kappa shape index (κ3) is 4.75. The molecule has 0 spiro atoms. The van der Waals surface area contributed by atoms with E-state index in [0.29, 0.717) is 25.9 Å². The van der Waals surface area contributed by atoms with Crippen LogP contribution in [0.4, 0.5) is 23.1 Å². The van der Waals surface area contributed by atoms with Crippen molar-refractivity contribution in [1.82, 2.24) is 15.1 Å². The van der Waals surface area contributed by atoms with Gasteiger partial charge in [0.1, 0.15) is 0 Å². The largest absolute Gasteiger partial charge is 0.445 e. The van der Waals surface area contributed by atoms with Gasteiger partial charge in [-0.05, 0) is 24.8 Å². The van der Waals surface area contributed by atoms with Crippen molar-refractivity contribution in [2.24, 2.45) is 5.41 Å². The van der Waals surface area contributed by atoms with Crippen LogP contribution in [-0.4, -0.2) is 45.9 Å². The van der Waals surface area contributed by atoms with E-state index in [-0.39, 0.29) is 23.1 Å². The summed E-state index contributed by atoms with van der Waals surface area (Å²) >= 11 is 0.285. The number of carbonyl (C=O) groups is 1. The lowest BCUT2D eigenvalue weighted by Crippen LogP contribution is -2.50. The second-order valence-electron chi connectivity index (χ2n) is 6.69. The van der Waals surface area contributed by atoms with Gasteiger partial charge < -0.3 is 10.0 Å². The van der Waals surface area contributed by atoms with Crippen LogP contribution in [0.5, 0.6) is 0 Å². The summed E-state index contributed by atoms with van der Waals surface area (Å²) in [6, 6.07) is 9.15. The molecule has 146 valence electrons. The first-order valence-corrected chi connectivity index (χ1v) is 9.24. The second-order valence-corrected chi connectivity index (χ2v) is 7.66. The van der Waals surface area contributed by atoms with Gasteiger partial charge in [0.2, 0.25) is 10.1 Å². The zero-order chi connectivity index (χ0) is 19.5. The van der Waals surface area contributed by atoms with Gasteiger partial charge in [-0.25, -0.2) is 4.79 Å². The van der Waals surface area contributed by atoms with Crippen LogP contribution >= 0.6 is 11.3 Å². The van der Waals surface area contributed by atoms with E-state index in [1.165, 1.54) is 4.90 Å². The molecule has 1 unspecified atom stereocenters. The first-order valence-electron chi connectivity index (χ1n) is 8.43. The van der Waals surface area contributed by atoms with Crippen molar-refractivity contribution in [2.45, 2.75) is 25.4 Å². The summed E-state index contributed by atoms with van der Waals surface area (Å²) in [7, 11) is 0. The summed E-state index contributed by atoms with van der Waals surface area (Å²) in [5, 5.41) is 17.5. The summed E-state index contributed by atoms with van der Waals surface area (Å²) in [5.74, 6) is 0. The molecule has 27 heavy (non-hydrogen) atoms. The third-order valence-corrected chi connectivity index (χ3v) is 5.47. The molecule has 1 aromatic heterocycles. The Morgan fingerprint density at radius 1 is 1.30 bits per heavy atom. The van der Waals surface area contributed by atoms with Crippen LogP contribution in [-0.2, 0) is 12.6 Å². The Labute approximate surface area is 158 Å². The van der Waals surface area contributed by atoms with E-state index < -0.39 is 22.6 Å². The Hall–Kier alpha value is -2.20. The predicted octanol–water partition coefficient (Wildman–Crippen LogP) is 3.41. The molecular formula is C17H19F3N4O2S. The van der Waals surface area contributed by atoms with Crippen LogP contribution in [0.1, 0.15) is 23.4 Å². The number of halogens is 3. The minimum Gasteiger partial charge on any atom is -0.396 e. The lowest BCUT2D eigenvalue weighted by atomic mass is 9.76. The number of piperidine rings is 1. The lowest BCUT2D eigenvalue weighted by Gasteiger charge is -2.41. The average molecular weight is 400 g/mol. The van der Waals surface area contributed by atoms with Gasteiger partial charge in [-0.1, -0.05) is 41.7 Å². The number of anilines is 1. The van der Waals surface area contributed by atoms with Crippen LogP contribution in [0.15, 0.2) is 30.3 Å². The molecule has 2 N–H and O–H groups in total. The smallest absolute Gasteiger partial charge is 0.396 e. The second kappa shape index (κ2) is 7.81. The van der Waals surface area contributed by atoms with Gasteiger partial charge in [0, 0.05) is 18.5 Å². The number of nitrogens with one attached hydrogen (secondary N) is 1. The number of hydrogen-bond donors (Lipinski definition) is 2. The SMILES string of the molecule is O=C(Nc1nnc(C(F)(F)F)s1)N1CCCC(CO)(Cc2ccccc2)C1. The molecule has 1 aromatic carbocycles. The van der Waals surface area contributed by atoms with E-state index >= 15 is 0 Å². The summed E-state index contributed by atoms with van der Waals surface area (Å²) in [6.45, 7) is 0.700. The van der Waals surface area contributed by atoms with Crippen LogP contribution < -0.4 is 5.32 Å². The Balaban J connectivity index is 1.67. The van der Waals surface area contributed by atoms with E-state index in [1.54, 1.807) is 0 Å². The molecule has 0 bridgehead atoms. The van der Waals surface area contributed by atoms with Gasteiger partial charge in [-0.3, -0.25) is 5.32 Å². The van der Waals surface area contributed by atoms with Crippen LogP contribution in [0.3, 0.4) is 0 Å². The number of aliphatic hydroxyl groups is 1. The number of alkyl halides is 3. The monoisotopic (exact) mass is 400 g/mol. The molecule has 1 fully saturated rings. The topological polar surface area (TPSA) is 78.4 Å². The number of hydrogen-bond acceptors (Lipinski definition) is 5. The number of rotatable bonds is 4. The fourth-order valence-electron chi connectivity index (χ4n) is 3.30. The van der Waals surface area contributed by atoms with Gasteiger partial charge in [0.25, 0.3) is 0 Å². The zero-order valence-corrected chi connectivity index (χ0v) is 15.2. The molecule has 1 atom stereocenters. The molecule has 2 aromatic rings. The highest BCUT2D eigenvalue weighted by Gasteiger charge is 2.38. The number of aromatic nitrogens is 2. The van der Waals surface area contributed by atoms with Crippen molar-refractivity contribution in [3.05, 3.63) is 40.9 Å². The highest BCUT2D eigenvalue weighted by Crippen LogP contribution is 2.35. The van der Waals surface area contributed by atoms with Gasteiger partial charge in [-0.15, -0.1) is 10.2 Å². The Morgan fingerprint density at radius 2 is 2.04 bits per heavy atom. The van der Waals surface area contributed by atoms with Gasteiger partial charge in [0.15, 0.2) is 0 Å². The number of urea groups is 1. The quantitative estimate of drug-likeness (QED) is 0.825. The number of benzene rings is 1. The summed E-state index contributed by atoms with van der Waals surface area (Å²) < 4.78 is 37.8. The maximum absolute atomic E-state index is 12.6. The van der Waals surface area contributed by atoms with Crippen molar-refractivity contribution in [2.75, 3.05) is 25.0 Å². The minimum atomic E-state index is -4.59. The predicted molar refractivity (Wildman–Crippen MR) is 94.4 cm³/mol. The first kappa shape index (κ1) is 19.6. The van der Waals surface area contributed by atoms with Gasteiger partial charge in [-0.2, -0.15) is 13.2 Å². The Kier molecular flexibility index (Phi) is 5.66. The molecule has 1 aliphatic heterocycles. The molecule has 1 saturated heterocycles. The zero-order valence-electron chi connectivity index (χ0n) is 14.4. The van der Waals surface area contributed by atoms with Crippen LogP contribution in [0, 0.1) is 5.41 Å². The van der Waals surface area contributed by atoms with E-state index in [0.717, 1.165) is 12.0 Å². The molecule has 1 aliphatic rings. The highest BCUT2D eigenvalue weighted by atomic mass is 32.1. The maximum atomic E-state index is 12.6. The maximum Gasteiger partial charge on any atom is 0.445 e. The number of aliphatic hydroxyl groups excluding tert-OH is 1. The molecule has 10 heteroatoms. The molecule has 2 heterocycles. The van der Waals surface area contributed by atoms with Crippen molar-refractivity contribution >= 4 is 22.5 Å². The molecule has 0 aliphatic carbocycles. The van der Waals surface area contributed by atoms with Crippen LogP contribution in [0.25, 0.3) is 0 Å².